The number of aliphatic hydroxyl groups is 1. The zero-order valence-electron chi connectivity index (χ0n) is 12.6. The predicted molar refractivity (Wildman–Crippen MR) is 85.0 cm³/mol. The van der Waals surface area contributed by atoms with Crippen molar-refractivity contribution in [2.24, 2.45) is 5.73 Å². The molecule has 0 spiro atoms. The highest BCUT2D eigenvalue weighted by atomic mass is 16.3. The predicted octanol–water partition coefficient (Wildman–Crippen LogP) is 3.23. The van der Waals surface area contributed by atoms with Crippen LogP contribution in [0.2, 0.25) is 0 Å². The van der Waals surface area contributed by atoms with E-state index in [0.717, 1.165) is 6.42 Å². The first-order chi connectivity index (χ1) is 9.77. The first-order valence-corrected chi connectivity index (χ1v) is 8.00. The van der Waals surface area contributed by atoms with Crippen molar-refractivity contribution in [2.75, 3.05) is 18.1 Å². The van der Waals surface area contributed by atoms with Crippen LogP contribution in [0.4, 0.5) is 5.69 Å². The maximum atomic E-state index is 9.44. The fourth-order valence-electron chi connectivity index (χ4n) is 3.28. The van der Waals surface area contributed by atoms with E-state index in [2.05, 4.69) is 36.1 Å². The van der Waals surface area contributed by atoms with Crippen LogP contribution in [0.15, 0.2) is 24.3 Å². The lowest BCUT2D eigenvalue weighted by Crippen LogP contribution is -2.39. The zero-order valence-corrected chi connectivity index (χ0v) is 12.6. The minimum atomic E-state index is 0.0796. The molecular weight excluding hydrogens is 248 g/mol. The van der Waals surface area contributed by atoms with Crippen molar-refractivity contribution in [3.63, 3.8) is 0 Å². The molecule has 3 nitrogen and oxygen atoms in total. The summed E-state index contributed by atoms with van der Waals surface area (Å²) >= 11 is 0. The number of benzene rings is 1. The number of anilines is 1. The lowest BCUT2D eigenvalue weighted by Gasteiger charge is -2.37. The molecule has 0 amide bonds. The van der Waals surface area contributed by atoms with Gasteiger partial charge in [-0.1, -0.05) is 44.4 Å². The molecule has 1 aromatic carbocycles. The van der Waals surface area contributed by atoms with E-state index in [4.69, 9.17) is 5.73 Å². The average Bonchev–Trinajstić information content (AvgIpc) is 2.53. The molecular formula is C17H28N2O. The number of nitrogens with zero attached hydrogens (tertiary/aromatic N) is 1. The fraction of sp³-hybridized carbons (Fsp3) is 0.647. The Bertz CT molecular complexity index is 402. The van der Waals surface area contributed by atoms with E-state index >= 15 is 0 Å². The smallest absolute Gasteiger partial charge is 0.0606 e. The van der Waals surface area contributed by atoms with Gasteiger partial charge in [0.2, 0.25) is 0 Å². The summed E-state index contributed by atoms with van der Waals surface area (Å²) in [6.45, 7) is 3.03. The maximum absolute atomic E-state index is 9.44. The molecule has 1 fully saturated rings. The van der Waals surface area contributed by atoms with Gasteiger partial charge in [0.25, 0.3) is 0 Å². The molecule has 1 atom stereocenters. The lowest BCUT2D eigenvalue weighted by atomic mass is 9.92. The van der Waals surface area contributed by atoms with Gasteiger partial charge in [-0.05, 0) is 30.9 Å². The molecule has 0 radical (unpaired) electrons. The number of hydrogen-bond donors (Lipinski definition) is 2. The lowest BCUT2D eigenvalue weighted by molar-refractivity contribution is 0.289. The van der Waals surface area contributed by atoms with Gasteiger partial charge < -0.3 is 15.7 Å². The standard InChI is InChI=1S/C17H28N2O/c1-2-16(18)15-10-6-7-11-17(15)19(12-13-20)14-8-4-3-5-9-14/h6-7,10-11,14,16,20H,2-5,8-9,12-13,18H2,1H3/t16-/m1/s1. The van der Waals surface area contributed by atoms with Crippen molar-refractivity contribution in [1.82, 2.24) is 0 Å². The number of nitrogens with two attached hydrogens (primary N) is 1. The summed E-state index contributed by atoms with van der Waals surface area (Å²) < 4.78 is 0. The molecule has 0 aromatic heterocycles. The molecule has 1 saturated carbocycles. The Morgan fingerprint density at radius 3 is 2.60 bits per heavy atom. The monoisotopic (exact) mass is 276 g/mol. The molecule has 0 aliphatic heterocycles. The summed E-state index contributed by atoms with van der Waals surface area (Å²) in [4.78, 5) is 2.39. The zero-order chi connectivity index (χ0) is 14.4. The van der Waals surface area contributed by atoms with Crippen molar-refractivity contribution in [1.29, 1.82) is 0 Å². The molecule has 3 N–H and O–H groups in total. The molecule has 3 heteroatoms. The Labute approximate surface area is 122 Å². The second-order valence-corrected chi connectivity index (χ2v) is 5.78. The van der Waals surface area contributed by atoms with Gasteiger partial charge >= 0.3 is 0 Å². The number of aliphatic hydroxyl groups excluding tert-OH is 1. The molecule has 0 heterocycles. The van der Waals surface area contributed by atoms with Gasteiger partial charge in [-0.15, -0.1) is 0 Å². The van der Waals surface area contributed by atoms with Crippen LogP contribution in [0, 0.1) is 0 Å². The van der Waals surface area contributed by atoms with Crippen molar-refractivity contribution in [3.8, 4) is 0 Å². The highest BCUT2D eigenvalue weighted by molar-refractivity contribution is 5.56. The van der Waals surface area contributed by atoms with E-state index in [1.54, 1.807) is 0 Å². The Kier molecular flexibility index (Phi) is 5.86. The highest BCUT2D eigenvalue weighted by Crippen LogP contribution is 2.32. The third kappa shape index (κ3) is 3.53. The number of hydrogen-bond acceptors (Lipinski definition) is 3. The quantitative estimate of drug-likeness (QED) is 0.838. The normalized spacial score (nSPS) is 17.9. The second-order valence-electron chi connectivity index (χ2n) is 5.78. The van der Waals surface area contributed by atoms with Gasteiger partial charge in [-0.25, -0.2) is 0 Å². The topological polar surface area (TPSA) is 49.5 Å². The van der Waals surface area contributed by atoms with Gasteiger partial charge in [-0.3, -0.25) is 0 Å². The largest absolute Gasteiger partial charge is 0.395 e. The molecule has 1 aliphatic rings. The number of para-hydroxylation sites is 1. The third-order valence-corrected chi connectivity index (χ3v) is 4.44. The van der Waals surface area contributed by atoms with Gasteiger partial charge in [0.1, 0.15) is 0 Å². The van der Waals surface area contributed by atoms with Gasteiger partial charge in [0, 0.05) is 24.3 Å². The molecule has 0 saturated heterocycles. The summed E-state index contributed by atoms with van der Waals surface area (Å²) in [5.41, 5.74) is 8.71. The average molecular weight is 276 g/mol. The molecule has 1 aromatic rings. The van der Waals surface area contributed by atoms with Crippen molar-refractivity contribution in [3.05, 3.63) is 29.8 Å². The van der Waals surface area contributed by atoms with Gasteiger partial charge in [-0.2, -0.15) is 0 Å². The van der Waals surface area contributed by atoms with E-state index in [-0.39, 0.29) is 12.6 Å². The molecule has 112 valence electrons. The molecule has 1 aliphatic carbocycles. The van der Waals surface area contributed by atoms with E-state index in [9.17, 15) is 5.11 Å². The van der Waals surface area contributed by atoms with Crippen molar-refractivity contribution in [2.45, 2.75) is 57.5 Å². The number of rotatable bonds is 6. The summed E-state index contributed by atoms with van der Waals surface area (Å²) in [5, 5.41) is 9.44. The van der Waals surface area contributed by atoms with Crippen LogP contribution in [0.3, 0.4) is 0 Å². The third-order valence-electron chi connectivity index (χ3n) is 4.44. The highest BCUT2D eigenvalue weighted by Gasteiger charge is 2.23. The van der Waals surface area contributed by atoms with Crippen molar-refractivity contribution < 1.29 is 5.11 Å². The van der Waals surface area contributed by atoms with E-state index in [0.29, 0.717) is 12.6 Å². The van der Waals surface area contributed by atoms with Crippen LogP contribution in [-0.2, 0) is 0 Å². The maximum Gasteiger partial charge on any atom is 0.0606 e. The molecule has 0 bridgehead atoms. The van der Waals surface area contributed by atoms with Gasteiger partial charge in [0.05, 0.1) is 6.61 Å². The van der Waals surface area contributed by atoms with Crippen LogP contribution < -0.4 is 10.6 Å². The molecule has 2 rings (SSSR count). The Hall–Kier alpha value is -1.06. The Balaban J connectivity index is 2.28. The molecule has 20 heavy (non-hydrogen) atoms. The first kappa shape index (κ1) is 15.3. The molecule has 0 unspecified atom stereocenters. The summed E-state index contributed by atoms with van der Waals surface area (Å²) in [5.74, 6) is 0. The van der Waals surface area contributed by atoms with Crippen LogP contribution in [0.1, 0.15) is 57.1 Å². The van der Waals surface area contributed by atoms with Crippen LogP contribution >= 0.6 is 0 Å². The van der Waals surface area contributed by atoms with Crippen LogP contribution in [-0.4, -0.2) is 24.3 Å². The van der Waals surface area contributed by atoms with E-state index in [1.807, 2.05) is 0 Å². The summed E-state index contributed by atoms with van der Waals surface area (Å²) in [6.07, 6.45) is 7.35. The summed E-state index contributed by atoms with van der Waals surface area (Å²) in [6, 6.07) is 9.07. The fourth-order valence-corrected chi connectivity index (χ4v) is 3.28. The Morgan fingerprint density at radius 2 is 1.95 bits per heavy atom. The van der Waals surface area contributed by atoms with Gasteiger partial charge in [0.15, 0.2) is 0 Å². The second kappa shape index (κ2) is 7.65. The minimum Gasteiger partial charge on any atom is -0.395 e. The Morgan fingerprint density at radius 1 is 1.25 bits per heavy atom. The SMILES string of the molecule is CC[C@@H](N)c1ccccc1N(CCO)C1CCCCC1. The van der Waals surface area contributed by atoms with E-state index in [1.165, 1.54) is 43.4 Å². The van der Waals surface area contributed by atoms with Crippen molar-refractivity contribution >= 4 is 5.69 Å². The van der Waals surface area contributed by atoms with E-state index < -0.39 is 0 Å². The first-order valence-electron chi connectivity index (χ1n) is 8.00. The van der Waals surface area contributed by atoms with Crippen LogP contribution in [0.25, 0.3) is 0 Å². The minimum absolute atomic E-state index is 0.0796. The summed E-state index contributed by atoms with van der Waals surface area (Å²) in [7, 11) is 0. The van der Waals surface area contributed by atoms with Crippen LogP contribution in [0.5, 0.6) is 0 Å².